The highest BCUT2D eigenvalue weighted by atomic mass is 16.7. The van der Waals surface area contributed by atoms with Gasteiger partial charge in [0, 0.05) is 18.3 Å². The molecule has 0 radical (unpaired) electrons. The number of aromatic amines is 1. The molecule has 2 heterocycles. The summed E-state index contributed by atoms with van der Waals surface area (Å²) in [7, 11) is 0. The van der Waals surface area contributed by atoms with Crippen LogP contribution in [0.5, 0.6) is 0 Å². The van der Waals surface area contributed by atoms with Gasteiger partial charge in [0.2, 0.25) is 0 Å². The van der Waals surface area contributed by atoms with Crippen LogP contribution in [0.25, 0.3) is 0 Å². The van der Waals surface area contributed by atoms with Crippen LogP contribution < -0.4 is 11.2 Å². The minimum Gasteiger partial charge on any atom is -0.350 e. The number of hydrogen-bond donors (Lipinski definition) is 1. The van der Waals surface area contributed by atoms with Crippen LogP contribution in [0.2, 0.25) is 0 Å². The van der Waals surface area contributed by atoms with Gasteiger partial charge in [0.05, 0.1) is 13.2 Å². The molecular formula is C13H20N2O4. The van der Waals surface area contributed by atoms with E-state index < -0.39 is 0 Å². The summed E-state index contributed by atoms with van der Waals surface area (Å²) in [5.74, 6) is 0. The van der Waals surface area contributed by atoms with Gasteiger partial charge in [-0.3, -0.25) is 9.78 Å². The number of rotatable bonds is 6. The Kier molecular flexibility index (Phi) is 4.93. The normalized spacial score (nSPS) is 16.1. The largest absolute Gasteiger partial charge is 0.350 e. The van der Waals surface area contributed by atoms with Crippen LogP contribution in [-0.4, -0.2) is 29.1 Å². The molecule has 1 aromatic heterocycles. The fourth-order valence-electron chi connectivity index (χ4n) is 2.13. The van der Waals surface area contributed by atoms with Crippen LogP contribution in [0.4, 0.5) is 0 Å². The molecule has 0 bridgehead atoms. The zero-order valence-electron chi connectivity index (χ0n) is 11.2. The van der Waals surface area contributed by atoms with Crippen molar-refractivity contribution < 1.29 is 9.47 Å². The monoisotopic (exact) mass is 268 g/mol. The van der Waals surface area contributed by atoms with Gasteiger partial charge in [0.15, 0.2) is 6.29 Å². The Bertz CT molecular complexity index is 514. The zero-order valence-corrected chi connectivity index (χ0v) is 11.2. The predicted octanol–water partition coefficient (Wildman–Crippen LogP) is 0.778. The van der Waals surface area contributed by atoms with Crippen molar-refractivity contribution in [3.05, 3.63) is 32.6 Å². The summed E-state index contributed by atoms with van der Waals surface area (Å²) >= 11 is 0. The van der Waals surface area contributed by atoms with Crippen LogP contribution in [0.3, 0.4) is 0 Å². The molecule has 19 heavy (non-hydrogen) atoms. The second-order valence-corrected chi connectivity index (χ2v) is 4.79. The number of hydrogen-bond acceptors (Lipinski definition) is 4. The molecule has 0 amide bonds. The SMILES string of the molecule is Cc1cn(CCCCCC2OCCO2)c(=O)[nH]c1=O. The third-order valence-electron chi connectivity index (χ3n) is 3.22. The molecule has 0 aliphatic carbocycles. The van der Waals surface area contributed by atoms with Crippen molar-refractivity contribution in [3.8, 4) is 0 Å². The number of nitrogens with one attached hydrogen (secondary N) is 1. The first-order valence-electron chi connectivity index (χ1n) is 6.70. The van der Waals surface area contributed by atoms with E-state index in [4.69, 9.17) is 9.47 Å². The number of ether oxygens (including phenoxy) is 2. The van der Waals surface area contributed by atoms with E-state index in [1.165, 1.54) is 0 Å². The van der Waals surface area contributed by atoms with Crippen LogP contribution in [0.1, 0.15) is 31.2 Å². The third-order valence-corrected chi connectivity index (χ3v) is 3.22. The summed E-state index contributed by atoms with van der Waals surface area (Å²) in [5.41, 5.74) is -0.0813. The highest BCUT2D eigenvalue weighted by Crippen LogP contribution is 2.12. The number of unbranched alkanes of at least 4 members (excludes halogenated alkanes) is 2. The van der Waals surface area contributed by atoms with Crippen molar-refractivity contribution in [2.75, 3.05) is 13.2 Å². The van der Waals surface area contributed by atoms with Crippen molar-refractivity contribution in [3.63, 3.8) is 0 Å². The van der Waals surface area contributed by atoms with Crippen LogP contribution in [-0.2, 0) is 16.0 Å². The molecule has 0 spiro atoms. The molecule has 106 valence electrons. The maximum atomic E-state index is 11.5. The number of H-pyrrole nitrogens is 1. The average molecular weight is 268 g/mol. The summed E-state index contributed by atoms with van der Waals surface area (Å²) < 4.78 is 12.3. The molecule has 1 fully saturated rings. The molecule has 6 heteroatoms. The molecule has 1 aliphatic rings. The van der Waals surface area contributed by atoms with Gasteiger partial charge in [-0.2, -0.15) is 0 Å². The molecule has 1 N–H and O–H groups in total. The first kappa shape index (κ1) is 14.0. The highest BCUT2D eigenvalue weighted by molar-refractivity contribution is 5.00. The van der Waals surface area contributed by atoms with Crippen molar-refractivity contribution in [1.82, 2.24) is 9.55 Å². The third kappa shape index (κ3) is 4.04. The molecule has 0 unspecified atom stereocenters. The van der Waals surface area contributed by atoms with Crippen molar-refractivity contribution in [2.24, 2.45) is 0 Å². The van der Waals surface area contributed by atoms with E-state index in [0.29, 0.717) is 25.3 Å². The minimum atomic E-state index is -0.335. The number of aryl methyl sites for hydroxylation is 2. The van der Waals surface area contributed by atoms with Crippen molar-refractivity contribution >= 4 is 0 Å². The van der Waals surface area contributed by atoms with Gasteiger partial charge in [-0.25, -0.2) is 4.79 Å². The maximum absolute atomic E-state index is 11.5. The Hall–Kier alpha value is -1.40. The minimum absolute atomic E-state index is 0.0435. The standard InChI is InChI=1S/C13H20N2O4/c1-10-9-15(13(17)14-12(10)16)6-4-2-3-5-11-18-7-8-19-11/h9,11H,2-8H2,1H3,(H,14,16,17). The lowest BCUT2D eigenvalue weighted by Crippen LogP contribution is -2.30. The quantitative estimate of drug-likeness (QED) is 0.774. The Balaban J connectivity index is 1.72. The Morgan fingerprint density at radius 2 is 2.00 bits per heavy atom. The average Bonchev–Trinajstić information content (AvgIpc) is 2.88. The van der Waals surface area contributed by atoms with Crippen LogP contribution >= 0.6 is 0 Å². The summed E-state index contributed by atoms with van der Waals surface area (Å²) in [6.45, 7) is 3.71. The van der Waals surface area contributed by atoms with Gasteiger partial charge < -0.3 is 14.0 Å². The molecule has 1 saturated heterocycles. The van der Waals surface area contributed by atoms with E-state index in [2.05, 4.69) is 4.98 Å². The molecule has 6 nitrogen and oxygen atoms in total. The van der Waals surface area contributed by atoms with E-state index in [1.54, 1.807) is 17.7 Å². The predicted molar refractivity (Wildman–Crippen MR) is 70.2 cm³/mol. The van der Waals surface area contributed by atoms with E-state index >= 15 is 0 Å². The van der Waals surface area contributed by atoms with Crippen molar-refractivity contribution in [1.29, 1.82) is 0 Å². The first-order valence-corrected chi connectivity index (χ1v) is 6.70. The topological polar surface area (TPSA) is 73.3 Å². The lowest BCUT2D eigenvalue weighted by Gasteiger charge is -2.09. The molecule has 1 aliphatic heterocycles. The number of nitrogens with zero attached hydrogens (tertiary/aromatic N) is 1. The zero-order chi connectivity index (χ0) is 13.7. The lowest BCUT2D eigenvalue weighted by atomic mass is 10.2. The summed E-state index contributed by atoms with van der Waals surface area (Å²) in [5, 5.41) is 0. The Morgan fingerprint density at radius 1 is 1.26 bits per heavy atom. The fraction of sp³-hybridized carbons (Fsp3) is 0.692. The summed E-state index contributed by atoms with van der Waals surface area (Å²) in [6.07, 6.45) is 5.40. The van der Waals surface area contributed by atoms with Gasteiger partial charge in [0.25, 0.3) is 5.56 Å². The second-order valence-electron chi connectivity index (χ2n) is 4.79. The van der Waals surface area contributed by atoms with Gasteiger partial charge in [-0.1, -0.05) is 6.42 Å². The van der Waals surface area contributed by atoms with E-state index in [-0.39, 0.29) is 17.5 Å². The van der Waals surface area contributed by atoms with Gasteiger partial charge in [-0.15, -0.1) is 0 Å². The molecule has 0 saturated carbocycles. The smallest absolute Gasteiger partial charge is 0.328 e. The highest BCUT2D eigenvalue weighted by Gasteiger charge is 2.14. The van der Waals surface area contributed by atoms with Gasteiger partial charge in [-0.05, 0) is 26.2 Å². The first-order chi connectivity index (χ1) is 9.16. The molecule has 0 atom stereocenters. The Morgan fingerprint density at radius 3 is 2.74 bits per heavy atom. The van der Waals surface area contributed by atoms with E-state index in [0.717, 1.165) is 25.7 Å². The Labute approximate surface area is 111 Å². The molecular weight excluding hydrogens is 248 g/mol. The molecule has 2 rings (SSSR count). The summed E-state index contributed by atoms with van der Waals surface area (Å²) in [4.78, 5) is 25.1. The van der Waals surface area contributed by atoms with E-state index in [1.807, 2.05) is 0 Å². The van der Waals surface area contributed by atoms with Crippen LogP contribution in [0.15, 0.2) is 15.8 Å². The maximum Gasteiger partial charge on any atom is 0.328 e. The summed E-state index contributed by atoms with van der Waals surface area (Å²) in [6, 6.07) is 0. The molecule has 1 aromatic rings. The van der Waals surface area contributed by atoms with E-state index in [9.17, 15) is 9.59 Å². The molecule has 0 aromatic carbocycles. The van der Waals surface area contributed by atoms with Gasteiger partial charge in [0.1, 0.15) is 0 Å². The van der Waals surface area contributed by atoms with Crippen LogP contribution in [0, 0.1) is 6.92 Å². The van der Waals surface area contributed by atoms with Gasteiger partial charge >= 0.3 is 5.69 Å². The number of aromatic nitrogens is 2. The van der Waals surface area contributed by atoms with Crippen molar-refractivity contribution in [2.45, 2.75) is 45.4 Å². The second kappa shape index (κ2) is 6.68. The lowest BCUT2D eigenvalue weighted by molar-refractivity contribution is -0.0480. The fourth-order valence-corrected chi connectivity index (χ4v) is 2.13.